The Bertz CT molecular complexity index is 1170. The predicted molar refractivity (Wildman–Crippen MR) is 124 cm³/mol. The fourth-order valence-electron chi connectivity index (χ4n) is 3.28. The lowest BCUT2D eigenvalue weighted by atomic mass is 10.1. The van der Waals surface area contributed by atoms with E-state index in [9.17, 15) is 22.8 Å². The zero-order valence-corrected chi connectivity index (χ0v) is 18.9. The number of fused-ring (bicyclic) bond motifs is 1. The molecule has 0 aliphatic heterocycles. The Morgan fingerprint density at radius 1 is 1.12 bits per heavy atom. The summed E-state index contributed by atoms with van der Waals surface area (Å²) in [5.74, 6) is -1.44. The van der Waals surface area contributed by atoms with Crippen molar-refractivity contribution in [1.29, 1.82) is 0 Å². The van der Waals surface area contributed by atoms with Crippen molar-refractivity contribution in [3.05, 3.63) is 65.9 Å². The summed E-state index contributed by atoms with van der Waals surface area (Å²) in [6.07, 6.45) is -2.50. The lowest BCUT2D eigenvalue weighted by Gasteiger charge is -2.24. The Balaban J connectivity index is 1.98. The van der Waals surface area contributed by atoms with Crippen molar-refractivity contribution in [3.63, 3.8) is 0 Å². The van der Waals surface area contributed by atoms with Gasteiger partial charge in [-0.25, -0.2) is 0 Å². The molecule has 3 rings (SSSR count). The molecule has 0 radical (unpaired) electrons. The molecule has 33 heavy (non-hydrogen) atoms. The van der Waals surface area contributed by atoms with Gasteiger partial charge in [0.25, 0.3) is 5.91 Å². The van der Waals surface area contributed by atoms with Crippen LogP contribution in [0.4, 0.5) is 24.5 Å². The van der Waals surface area contributed by atoms with Crippen LogP contribution in [0, 0.1) is 5.92 Å². The molecule has 0 bridgehead atoms. The zero-order chi connectivity index (χ0) is 24.2. The first-order chi connectivity index (χ1) is 15.6. The minimum absolute atomic E-state index is 0.0241. The van der Waals surface area contributed by atoms with Gasteiger partial charge in [0, 0.05) is 35.1 Å². The van der Waals surface area contributed by atoms with Gasteiger partial charge in [-0.05, 0) is 54.8 Å². The van der Waals surface area contributed by atoms with Crippen LogP contribution >= 0.6 is 11.6 Å². The van der Waals surface area contributed by atoms with Crippen molar-refractivity contribution in [1.82, 2.24) is 4.98 Å². The average molecular weight is 478 g/mol. The van der Waals surface area contributed by atoms with Gasteiger partial charge < -0.3 is 10.2 Å². The average Bonchev–Trinajstić information content (AvgIpc) is 2.78. The van der Waals surface area contributed by atoms with Gasteiger partial charge in [0.15, 0.2) is 0 Å². The molecule has 9 heteroatoms. The molecule has 1 N–H and O–H groups in total. The molecule has 1 heterocycles. The summed E-state index contributed by atoms with van der Waals surface area (Å²) in [5.41, 5.74) is -0.137. The lowest BCUT2D eigenvalue weighted by molar-refractivity contribution is -0.137. The maximum absolute atomic E-state index is 13.6. The molecule has 2 aromatic carbocycles. The van der Waals surface area contributed by atoms with E-state index in [1.165, 1.54) is 11.0 Å². The van der Waals surface area contributed by atoms with E-state index in [0.717, 1.165) is 23.0 Å². The van der Waals surface area contributed by atoms with Crippen LogP contribution in [0.5, 0.6) is 0 Å². The Morgan fingerprint density at radius 2 is 1.88 bits per heavy atom. The van der Waals surface area contributed by atoms with E-state index >= 15 is 0 Å². The lowest BCUT2D eigenvalue weighted by Crippen LogP contribution is -2.34. The summed E-state index contributed by atoms with van der Waals surface area (Å²) in [5, 5.41) is 3.40. The number of nitrogens with zero attached hydrogens (tertiary/aromatic N) is 2. The van der Waals surface area contributed by atoms with E-state index in [1.807, 2.05) is 19.9 Å². The molecule has 0 spiro atoms. The fraction of sp³-hybridized carbons (Fsp3) is 0.292. The maximum Gasteiger partial charge on any atom is 0.416 e. The number of nitrogens with one attached hydrogen (secondary N) is 1. The third kappa shape index (κ3) is 6.22. The number of benzene rings is 2. The van der Waals surface area contributed by atoms with Gasteiger partial charge in [-0.1, -0.05) is 19.9 Å². The van der Waals surface area contributed by atoms with Gasteiger partial charge in [0.05, 0.1) is 11.1 Å². The number of carbonyl (C=O) groups is 2. The van der Waals surface area contributed by atoms with E-state index < -0.39 is 23.6 Å². The number of anilines is 2. The van der Waals surface area contributed by atoms with Gasteiger partial charge in [-0.15, -0.1) is 11.6 Å². The largest absolute Gasteiger partial charge is 0.416 e. The second-order valence-electron chi connectivity index (χ2n) is 7.99. The molecule has 0 saturated heterocycles. The molecular weight excluding hydrogens is 455 g/mol. The number of hydrogen-bond donors (Lipinski definition) is 1. The number of amides is 2. The minimum atomic E-state index is -4.70. The van der Waals surface area contributed by atoms with Crippen LogP contribution in [-0.4, -0.2) is 29.2 Å². The van der Waals surface area contributed by atoms with Crippen molar-refractivity contribution >= 4 is 45.7 Å². The van der Waals surface area contributed by atoms with Crippen molar-refractivity contribution in [2.45, 2.75) is 26.4 Å². The molecule has 3 aromatic rings. The Kier molecular flexibility index (Phi) is 7.58. The fourth-order valence-corrected chi connectivity index (χ4v) is 3.42. The summed E-state index contributed by atoms with van der Waals surface area (Å²) in [4.78, 5) is 30.7. The molecule has 1 aromatic heterocycles. The number of halogens is 4. The first kappa shape index (κ1) is 24.5. The van der Waals surface area contributed by atoms with E-state index in [0.29, 0.717) is 12.1 Å². The molecule has 0 atom stereocenters. The Morgan fingerprint density at radius 3 is 2.55 bits per heavy atom. The number of alkyl halides is 4. The van der Waals surface area contributed by atoms with Gasteiger partial charge in [-0.3, -0.25) is 14.6 Å². The van der Waals surface area contributed by atoms with Crippen LogP contribution in [0.2, 0.25) is 0 Å². The Hall–Kier alpha value is -3.13. The van der Waals surface area contributed by atoms with Crippen molar-refractivity contribution in [2.75, 3.05) is 22.6 Å². The molecule has 174 valence electrons. The van der Waals surface area contributed by atoms with Crippen LogP contribution in [0.15, 0.2) is 54.7 Å². The number of aromatic nitrogens is 1. The number of pyridine rings is 1. The molecule has 0 fully saturated rings. The van der Waals surface area contributed by atoms with Gasteiger partial charge >= 0.3 is 6.18 Å². The van der Waals surface area contributed by atoms with Crippen LogP contribution in [0.25, 0.3) is 10.9 Å². The number of hydrogen-bond acceptors (Lipinski definition) is 3. The van der Waals surface area contributed by atoms with Crippen LogP contribution < -0.4 is 10.2 Å². The van der Waals surface area contributed by atoms with E-state index in [2.05, 4.69) is 10.3 Å². The molecular formula is C24H23ClF3N3O2. The molecule has 0 aliphatic carbocycles. The summed E-state index contributed by atoms with van der Waals surface area (Å²) in [6, 6.07) is 11.5. The standard InChI is InChI=1S/C24H23ClF3N3O2/c1-15(2)7-9-31(22(32)14-25)20-12-17(10-18(13-20)24(26,27)28)23(33)30-19-5-6-21-16(11-19)4-3-8-29-21/h3-6,8,10-13,15H,7,9,14H2,1-2H3,(H,30,33). The summed E-state index contributed by atoms with van der Waals surface area (Å²) in [6.45, 7) is 4.06. The normalized spacial score (nSPS) is 11.6. The topological polar surface area (TPSA) is 62.3 Å². The van der Waals surface area contributed by atoms with Crippen molar-refractivity contribution in [3.8, 4) is 0 Å². The molecule has 0 unspecified atom stereocenters. The van der Waals surface area contributed by atoms with E-state index in [4.69, 9.17) is 11.6 Å². The molecule has 5 nitrogen and oxygen atoms in total. The smallest absolute Gasteiger partial charge is 0.322 e. The van der Waals surface area contributed by atoms with Gasteiger partial charge in [0.1, 0.15) is 5.88 Å². The highest BCUT2D eigenvalue weighted by Crippen LogP contribution is 2.34. The van der Waals surface area contributed by atoms with Crippen LogP contribution in [-0.2, 0) is 11.0 Å². The third-order valence-electron chi connectivity index (χ3n) is 5.03. The second-order valence-corrected chi connectivity index (χ2v) is 8.26. The number of rotatable bonds is 7. The highest BCUT2D eigenvalue weighted by atomic mass is 35.5. The highest BCUT2D eigenvalue weighted by Gasteiger charge is 2.33. The Labute approximate surface area is 194 Å². The van der Waals surface area contributed by atoms with Gasteiger partial charge in [0.2, 0.25) is 5.91 Å². The minimum Gasteiger partial charge on any atom is -0.322 e. The monoisotopic (exact) mass is 477 g/mol. The second kappa shape index (κ2) is 10.2. The molecule has 2 amide bonds. The molecule has 0 aliphatic rings. The summed E-state index contributed by atoms with van der Waals surface area (Å²) < 4.78 is 40.8. The van der Waals surface area contributed by atoms with Crippen molar-refractivity contribution < 1.29 is 22.8 Å². The van der Waals surface area contributed by atoms with E-state index in [-0.39, 0.29) is 29.6 Å². The van der Waals surface area contributed by atoms with Crippen LogP contribution in [0.1, 0.15) is 36.2 Å². The summed E-state index contributed by atoms with van der Waals surface area (Å²) in [7, 11) is 0. The first-order valence-corrected chi connectivity index (χ1v) is 10.9. The van der Waals surface area contributed by atoms with E-state index in [1.54, 1.807) is 30.5 Å². The SMILES string of the molecule is CC(C)CCN(C(=O)CCl)c1cc(C(=O)Nc2ccc3ncccc3c2)cc(C(F)(F)F)c1. The first-order valence-electron chi connectivity index (χ1n) is 10.3. The zero-order valence-electron chi connectivity index (χ0n) is 18.1. The maximum atomic E-state index is 13.6. The number of carbonyl (C=O) groups excluding carboxylic acids is 2. The van der Waals surface area contributed by atoms with Crippen molar-refractivity contribution in [2.24, 2.45) is 5.92 Å². The summed E-state index contributed by atoms with van der Waals surface area (Å²) >= 11 is 5.70. The van der Waals surface area contributed by atoms with Crippen LogP contribution in [0.3, 0.4) is 0 Å². The molecule has 0 saturated carbocycles. The third-order valence-corrected chi connectivity index (χ3v) is 5.25. The van der Waals surface area contributed by atoms with Gasteiger partial charge in [-0.2, -0.15) is 13.2 Å². The highest BCUT2D eigenvalue weighted by molar-refractivity contribution is 6.29. The predicted octanol–water partition coefficient (Wildman–Crippen LogP) is 6.12. The quantitative estimate of drug-likeness (QED) is 0.417.